The van der Waals surface area contributed by atoms with E-state index in [9.17, 15) is 22.8 Å². The molecule has 1 amide bonds. The van der Waals surface area contributed by atoms with E-state index in [1.54, 1.807) is 0 Å². The summed E-state index contributed by atoms with van der Waals surface area (Å²) in [5.74, 6) is -1.89. The molecule has 26 heavy (non-hydrogen) atoms. The van der Waals surface area contributed by atoms with Crippen molar-refractivity contribution < 1.29 is 42.1 Å². The normalized spacial score (nSPS) is 20.0. The van der Waals surface area contributed by atoms with Crippen LogP contribution < -0.4 is 10.1 Å². The van der Waals surface area contributed by atoms with Gasteiger partial charge in [-0.3, -0.25) is 4.79 Å². The maximum absolute atomic E-state index is 12.9. The average Bonchev–Trinajstić information content (AvgIpc) is 3.06. The fraction of sp³-hybridized carbons (Fsp3) is 0.500. The summed E-state index contributed by atoms with van der Waals surface area (Å²) >= 11 is 0. The fourth-order valence-corrected chi connectivity index (χ4v) is 2.39. The number of anilines is 1. The van der Waals surface area contributed by atoms with E-state index in [-0.39, 0.29) is 37.5 Å². The van der Waals surface area contributed by atoms with Crippen molar-refractivity contribution in [1.82, 2.24) is 0 Å². The second kappa shape index (κ2) is 8.37. The van der Waals surface area contributed by atoms with Gasteiger partial charge in [0.25, 0.3) is 5.91 Å². The molecule has 1 saturated heterocycles. The van der Waals surface area contributed by atoms with Crippen molar-refractivity contribution in [3.05, 3.63) is 23.8 Å². The second-order valence-electron chi connectivity index (χ2n) is 5.57. The van der Waals surface area contributed by atoms with E-state index >= 15 is 0 Å². The number of rotatable bonds is 7. The number of carbonyl (C=O) groups excluding carboxylic acids is 1. The molecule has 10 heteroatoms. The minimum atomic E-state index is -4.59. The summed E-state index contributed by atoms with van der Waals surface area (Å²) in [6.07, 6.45) is -6.46. The Morgan fingerprint density at radius 3 is 2.54 bits per heavy atom. The van der Waals surface area contributed by atoms with E-state index in [2.05, 4.69) is 5.32 Å². The van der Waals surface area contributed by atoms with Crippen LogP contribution in [0.1, 0.15) is 18.4 Å². The van der Waals surface area contributed by atoms with E-state index in [4.69, 9.17) is 19.3 Å². The molecular formula is C16H18F3NO6. The number of halogens is 3. The first-order valence-electron chi connectivity index (χ1n) is 7.74. The van der Waals surface area contributed by atoms with Gasteiger partial charge in [-0.15, -0.1) is 0 Å². The number of benzene rings is 1. The predicted molar refractivity (Wildman–Crippen MR) is 83.0 cm³/mol. The molecule has 1 aromatic carbocycles. The monoisotopic (exact) mass is 377 g/mol. The molecule has 2 N–H and O–H groups in total. The van der Waals surface area contributed by atoms with Crippen molar-refractivity contribution >= 4 is 17.6 Å². The summed E-state index contributed by atoms with van der Waals surface area (Å²) in [5, 5.41) is 11.2. The van der Waals surface area contributed by atoms with Gasteiger partial charge in [-0.25, -0.2) is 4.79 Å². The van der Waals surface area contributed by atoms with Gasteiger partial charge >= 0.3 is 12.1 Å². The van der Waals surface area contributed by atoms with Crippen molar-refractivity contribution in [2.45, 2.75) is 31.2 Å². The van der Waals surface area contributed by atoms with Gasteiger partial charge < -0.3 is 24.6 Å². The Kier molecular flexibility index (Phi) is 6.43. The number of alkyl halides is 3. The first-order chi connectivity index (χ1) is 12.2. The van der Waals surface area contributed by atoms with Crippen LogP contribution in [0.4, 0.5) is 18.9 Å². The SMILES string of the molecule is COCCOc1ccc(C(F)(F)F)cc1NC(=O)[C@@H]1CC[C@H](C(=O)O)O1. The number of methoxy groups -OCH3 is 1. The maximum atomic E-state index is 12.9. The third kappa shape index (κ3) is 5.09. The Balaban J connectivity index is 2.16. The predicted octanol–water partition coefficient (Wildman–Crippen LogP) is 2.30. The van der Waals surface area contributed by atoms with Crippen LogP contribution in [0, 0.1) is 0 Å². The molecule has 0 radical (unpaired) electrons. The van der Waals surface area contributed by atoms with E-state index in [1.165, 1.54) is 7.11 Å². The summed E-state index contributed by atoms with van der Waals surface area (Å²) in [6.45, 7) is 0.284. The third-order valence-electron chi connectivity index (χ3n) is 3.70. The third-order valence-corrected chi connectivity index (χ3v) is 3.70. The molecule has 1 fully saturated rings. The zero-order chi connectivity index (χ0) is 19.3. The van der Waals surface area contributed by atoms with E-state index in [0.717, 1.165) is 18.2 Å². The number of hydrogen-bond acceptors (Lipinski definition) is 5. The molecule has 1 aliphatic rings. The zero-order valence-corrected chi connectivity index (χ0v) is 13.8. The number of carboxylic acids is 1. The molecule has 0 aliphatic carbocycles. The molecule has 2 atom stereocenters. The standard InChI is InChI=1S/C16H18F3NO6/c1-24-6-7-25-11-3-2-9(16(17,18)19)8-10(11)20-14(21)12-4-5-13(26-12)15(22)23/h2-3,8,12-13H,4-7H2,1H3,(H,20,21)(H,22,23)/t12-,13+/m0/s1. The first kappa shape index (κ1) is 20.0. The maximum Gasteiger partial charge on any atom is 0.416 e. The van der Waals surface area contributed by atoms with Crippen LogP contribution in [-0.4, -0.2) is 49.5 Å². The molecule has 0 saturated carbocycles. The molecule has 0 bridgehead atoms. The largest absolute Gasteiger partial charge is 0.489 e. The molecule has 1 aliphatic heterocycles. The minimum Gasteiger partial charge on any atom is -0.489 e. The van der Waals surface area contributed by atoms with Gasteiger partial charge in [-0.05, 0) is 31.0 Å². The van der Waals surface area contributed by atoms with E-state index < -0.39 is 35.8 Å². The number of aliphatic carboxylic acids is 1. The van der Waals surface area contributed by atoms with Crippen LogP contribution in [-0.2, 0) is 25.2 Å². The quantitative estimate of drug-likeness (QED) is 0.709. The van der Waals surface area contributed by atoms with Gasteiger partial charge in [-0.2, -0.15) is 13.2 Å². The van der Waals surface area contributed by atoms with E-state index in [0.29, 0.717) is 0 Å². The molecule has 1 aromatic rings. The van der Waals surface area contributed by atoms with Crippen LogP contribution in [0.25, 0.3) is 0 Å². The van der Waals surface area contributed by atoms with Crippen molar-refractivity contribution in [2.75, 3.05) is 25.6 Å². The Labute approximate surface area is 147 Å². The zero-order valence-electron chi connectivity index (χ0n) is 13.8. The van der Waals surface area contributed by atoms with Crippen molar-refractivity contribution in [1.29, 1.82) is 0 Å². The lowest BCUT2D eigenvalue weighted by molar-refractivity contribution is -0.151. The number of carboxylic acid groups (broad SMARTS) is 1. The van der Waals surface area contributed by atoms with Crippen LogP contribution in [0.2, 0.25) is 0 Å². The van der Waals surface area contributed by atoms with Crippen molar-refractivity contribution in [3.8, 4) is 5.75 Å². The highest BCUT2D eigenvalue weighted by atomic mass is 19.4. The smallest absolute Gasteiger partial charge is 0.416 e. The van der Waals surface area contributed by atoms with Gasteiger partial charge in [0.15, 0.2) is 6.10 Å². The highest BCUT2D eigenvalue weighted by Gasteiger charge is 2.36. The van der Waals surface area contributed by atoms with Gasteiger partial charge in [-0.1, -0.05) is 0 Å². The number of carbonyl (C=O) groups is 2. The summed E-state index contributed by atoms with van der Waals surface area (Å²) in [6, 6.07) is 2.69. The molecule has 2 rings (SSSR count). The lowest BCUT2D eigenvalue weighted by Crippen LogP contribution is -2.30. The van der Waals surface area contributed by atoms with Crippen LogP contribution >= 0.6 is 0 Å². The Morgan fingerprint density at radius 2 is 1.96 bits per heavy atom. The Bertz CT molecular complexity index is 664. The summed E-state index contributed by atoms with van der Waals surface area (Å²) in [4.78, 5) is 23.1. The summed E-state index contributed by atoms with van der Waals surface area (Å²) in [7, 11) is 1.44. The average molecular weight is 377 g/mol. The molecule has 1 heterocycles. The number of ether oxygens (including phenoxy) is 3. The van der Waals surface area contributed by atoms with Gasteiger partial charge in [0.05, 0.1) is 17.9 Å². The number of amides is 1. The molecule has 144 valence electrons. The van der Waals surface area contributed by atoms with Crippen LogP contribution in [0.5, 0.6) is 5.75 Å². The molecule has 0 spiro atoms. The Hall–Kier alpha value is -2.33. The topological polar surface area (TPSA) is 94.1 Å². The highest BCUT2D eigenvalue weighted by molar-refractivity contribution is 5.96. The lowest BCUT2D eigenvalue weighted by Gasteiger charge is -2.17. The van der Waals surface area contributed by atoms with Gasteiger partial charge in [0.2, 0.25) is 0 Å². The summed E-state index contributed by atoms with van der Waals surface area (Å²) in [5.41, 5.74) is -1.13. The van der Waals surface area contributed by atoms with E-state index in [1.807, 2.05) is 0 Å². The number of nitrogens with one attached hydrogen (secondary N) is 1. The highest BCUT2D eigenvalue weighted by Crippen LogP contribution is 2.35. The Morgan fingerprint density at radius 1 is 1.27 bits per heavy atom. The molecular weight excluding hydrogens is 359 g/mol. The number of hydrogen-bond donors (Lipinski definition) is 2. The lowest BCUT2D eigenvalue weighted by atomic mass is 10.1. The minimum absolute atomic E-state index is 0.0381. The first-order valence-corrected chi connectivity index (χ1v) is 7.74. The van der Waals surface area contributed by atoms with Gasteiger partial charge in [0.1, 0.15) is 18.5 Å². The van der Waals surface area contributed by atoms with Crippen LogP contribution in [0.3, 0.4) is 0 Å². The second-order valence-corrected chi connectivity index (χ2v) is 5.57. The van der Waals surface area contributed by atoms with Crippen LogP contribution in [0.15, 0.2) is 18.2 Å². The van der Waals surface area contributed by atoms with Crippen molar-refractivity contribution in [3.63, 3.8) is 0 Å². The molecule has 0 aromatic heterocycles. The molecule has 7 nitrogen and oxygen atoms in total. The van der Waals surface area contributed by atoms with Gasteiger partial charge in [0, 0.05) is 7.11 Å². The molecule has 0 unspecified atom stereocenters. The fourth-order valence-electron chi connectivity index (χ4n) is 2.39. The van der Waals surface area contributed by atoms with Crippen molar-refractivity contribution in [2.24, 2.45) is 0 Å². The summed E-state index contributed by atoms with van der Waals surface area (Å²) < 4.78 is 54.0.